The predicted octanol–water partition coefficient (Wildman–Crippen LogP) is 2.58. The van der Waals surface area contributed by atoms with Crippen LogP contribution in [0.15, 0.2) is 29.2 Å². The first-order valence-electron chi connectivity index (χ1n) is 7.95. The highest BCUT2D eigenvalue weighted by molar-refractivity contribution is 8.26. The molecule has 0 saturated carbocycles. The van der Waals surface area contributed by atoms with E-state index >= 15 is 0 Å². The Labute approximate surface area is 151 Å². The average molecular weight is 364 g/mol. The second-order valence-corrected chi connectivity index (χ2v) is 7.16. The van der Waals surface area contributed by atoms with E-state index in [1.54, 1.807) is 4.90 Å². The van der Waals surface area contributed by atoms with E-state index in [4.69, 9.17) is 21.7 Å². The molecule has 2 saturated heterocycles. The summed E-state index contributed by atoms with van der Waals surface area (Å²) in [7, 11) is 0. The number of benzene rings is 1. The summed E-state index contributed by atoms with van der Waals surface area (Å²) in [5, 5.41) is 0. The molecule has 7 heteroatoms. The van der Waals surface area contributed by atoms with E-state index in [1.807, 2.05) is 37.3 Å². The number of morpholine rings is 1. The molecule has 0 aliphatic carbocycles. The Hall–Kier alpha value is -1.41. The third-order valence-electron chi connectivity index (χ3n) is 3.81. The van der Waals surface area contributed by atoms with Crippen molar-refractivity contribution in [2.75, 3.05) is 39.6 Å². The minimum atomic E-state index is -0.0228. The lowest BCUT2D eigenvalue weighted by Crippen LogP contribution is -2.45. The molecule has 5 nitrogen and oxygen atoms in total. The largest absolute Gasteiger partial charge is 0.494 e. The molecule has 24 heavy (non-hydrogen) atoms. The molecule has 0 unspecified atom stereocenters. The van der Waals surface area contributed by atoms with E-state index in [0.29, 0.717) is 35.7 Å². The molecule has 2 heterocycles. The van der Waals surface area contributed by atoms with Crippen LogP contribution in [0.4, 0.5) is 0 Å². The molecule has 2 aliphatic heterocycles. The van der Waals surface area contributed by atoms with Gasteiger partial charge >= 0.3 is 0 Å². The van der Waals surface area contributed by atoms with Crippen LogP contribution in [-0.2, 0) is 9.53 Å². The van der Waals surface area contributed by atoms with Crippen molar-refractivity contribution in [3.8, 4) is 5.75 Å². The van der Waals surface area contributed by atoms with Crippen LogP contribution in [0.25, 0.3) is 6.08 Å². The number of carbonyl (C=O) groups excluding carboxylic acids is 1. The van der Waals surface area contributed by atoms with Gasteiger partial charge in [0.1, 0.15) is 10.1 Å². The molecule has 1 aromatic carbocycles. The topological polar surface area (TPSA) is 42.0 Å². The van der Waals surface area contributed by atoms with Crippen molar-refractivity contribution in [1.29, 1.82) is 0 Å². The van der Waals surface area contributed by atoms with Crippen molar-refractivity contribution in [1.82, 2.24) is 9.80 Å². The Balaban J connectivity index is 1.68. The van der Waals surface area contributed by atoms with Crippen LogP contribution in [0.1, 0.15) is 12.5 Å². The molecular weight excluding hydrogens is 344 g/mol. The summed E-state index contributed by atoms with van der Waals surface area (Å²) >= 11 is 6.74. The maximum absolute atomic E-state index is 12.6. The van der Waals surface area contributed by atoms with Crippen LogP contribution in [0.3, 0.4) is 0 Å². The van der Waals surface area contributed by atoms with Gasteiger partial charge in [-0.25, -0.2) is 0 Å². The Morgan fingerprint density at radius 2 is 2.00 bits per heavy atom. The van der Waals surface area contributed by atoms with E-state index in [-0.39, 0.29) is 5.91 Å². The van der Waals surface area contributed by atoms with Crippen molar-refractivity contribution in [3.63, 3.8) is 0 Å². The van der Waals surface area contributed by atoms with E-state index in [9.17, 15) is 4.79 Å². The summed E-state index contributed by atoms with van der Waals surface area (Å²) < 4.78 is 11.4. The molecule has 2 aliphatic rings. The number of ether oxygens (including phenoxy) is 2. The standard InChI is InChI=1S/C17H20N2O3S2/c1-2-22-14-5-3-13(4-6-14)11-15-16(20)19(17(23)24-15)12-18-7-9-21-10-8-18/h3-6,11H,2,7-10,12H2,1H3/b15-11+. The fourth-order valence-corrected chi connectivity index (χ4v) is 3.78. The van der Waals surface area contributed by atoms with Gasteiger partial charge in [-0.1, -0.05) is 36.1 Å². The summed E-state index contributed by atoms with van der Waals surface area (Å²) in [6, 6.07) is 7.70. The quantitative estimate of drug-likeness (QED) is 0.591. The van der Waals surface area contributed by atoms with Crippen LogP contribution in [0, 0.1) is 0 Å². The van der Waals surface area contributed by atoms with Gasteiger partial charge in [-0.3, -0.25) is 14.6 Å². The maximum Gasteiger partial charge on any atom is 0.267 e. The minimum Gasteiger partial charge on any atom is -0.494 e. The second kappa shape index (κ2) is 8.11. The lowest BCUT2D eigenvalue weighted by molar-refractivity contribution is -0.124. The number of hydrogen-bond acceptors (Lipinski definition) is 6. The first-order chi connectivity index (χ1) is 11.7. The first-order valence-corrected chi connectivity index (χ1v) is 9.18. The molecule has 0 spiro atoms. The predicted molar refractivity (Wildman–Crippen MR) is 99.9 cm³/mol. The maximum atomic E-state index is 12.6. The van der Waals surface area contributed by atoms with Crippen LogP contribution in [0.2, 0.25) is 0 Å². The van der Waals surface area contributed by atoms with Gasteiger partial charge in [0.15, 0.2) is 0 Å². The fourth-order valence-electron chi connectivity index (χ4n) is 2.54. The molecule has 3 rings (SSSR count). The van der Waals surface area contributed by atoms with Gasteiger partial charge in [0.2, 0.25) is 0 Å². The highest BCUT2D eigenvalue weighted by atomic mass is 32.2. The van der Waals surface area contributed by atoms with Gasteiger partial charge in [-0.2, -0.15) is 0 Å². The summed E-state index contributed by atoms with van der Waals surface area (Å²) in [6.07, 6.45) is 1.88. The third-order valence-corrected chi connectivity index (χ3v) is 5.19. The van der Waals surface area contributed by atoms with Gasteiger partial charge in [0, 0.05) is 13.1 Å². The lowest BCUT2D eigenvalue weighted by atomic mass is 10.2. The molecule has 1 aromatic rings. The summed E-state index contributed by atoms with van der Waals surface area (Å²) in [5.41, 5.74) is 0.963. The number of rotatable bonds is 5. The molecule has 0 bridgehead atoms. The number of nitrogens with zero attached hydrogens (tertiary/aromatic N) is 2. The molecule has 0 aromatic heterocycles. The van der Waals surface area contributed by atoms with E-state index in [1.165, 1.54) is 11.8 Å². The zero-order valence-corrected chi connectivity index (χ0v) is 15.2. The number of hydrogen-bond donors (Lipinski definition) is 0. The SMILES string of the molecule is CCOc1ccc(/C=C2/SC(=S)N(CN3CCOCC3)C2=O)cc1. The summed E-state index contributed by atoms with van der Waals surface area (Å²) in [5.74, 6) is 0.805. The first kappa shape index (κ1) is 17.4. The summed E-state index contributed by atoms with van der Waals surface area (Å²) in [4.78, 5) is 17.2. The number of thiocarbonyl (C=S) groups is 1. The highest BCUT2D eigenvalue weighted by Gasteiger charge is 2.33. The zero-order chi connectivity index (χ0) is 16.9. The second-order valence-electron chi connectivity index (χ2n) is 5.48. The molecule has 0 N–H and O–H groups in total. The van der Waals surface area contributed by atoms with E-state index in [2.05, 4.69) is 4.90 Å². The van der Waals surface area contributed by atoms with Gasteiger partial charge in [0.25, 0.3) is 5.91 Å². The molecule has 0 atom stereocenters. The van der Waals surface area contributed by atoms with E-state index in [0.717, 1.165) is 24.4 Å². The van der Waals surface area contributed by atoms with Crippen molar-refractivity contribution in [2.24, 2.45) is 0 Å². The smallest absolute Gasteiger partial charge is 0.267 e. The number of thioether (sulfide) groups is 1. The van der Waals surface area contributed by atoms with Gasteiger partial charge in [-0.05, 0) is 30.7 Å². The number of carbonyl (C=O) groups is 1. The van der Waals surface area contributed by atoms with Crippen LogP contribution in [0.5, 0.6) is 5.75 Å². The Bertz CT molecular complexity index is 640. The van der Waals surface area contributed by atoms with Gasteiger partial charge < -0.3 is 9.47 Å². The average Bonchev–Trinajstić information content (AvgIpc) is 2.85. The monoisotopic (exact) mass is 364 g/mol. The lowest BCUT2D eigenvalue weighted by Gasteiger charge is -2.29. The Morgan fingerprint density at radius 3 is 2.67 bits per heavy atom. The Morgan fingerprint density at radius 1 is 1.29 bits per heavy atom. The molecule has 0 radical (unpaired) electrons. The highest BCUT2D eigenvalue weighted by Crippen LogP contribution is 2.32. The van der Waals surface area contributed by atoms with Crippen molar-refractivity contribution in [2.45, 2.75) is 6.92 Å². The van der Waals surface area contributed by atoms with Crippen LogP contribution < -0.4 is 4.74 Å². The van der Waals surface area contributed by atoms with Crippen molar-refractivity contribution in [3.05, 3.63) is 34.7 Å². The van der Waals surface area contributed by atoms with Crippen molar-refractivity contribution >= 4 is 40.3 Å². The van der Waals surface area contributed by atoms with Crippen LogP contribution in [-0.4, -0.2) is 59.6 Å². The summed E-state index contributed by atoms with van der Waals surface area (Å²) in [6.45, 7) is 6.19. The number of amides is 1. The van der Waals surface area contributed by atoms with E-state index < -0.39 is 0 Å². The third kappa shape index (κ3) is 4.16. The fraction of sp³-hybridized carbons (Fsp3) is 0.412. The van der Waals surface area contributed by atoms with Gasteiger partial charge in [0.05, 0.1) is 31.4 Å². The Kier molecular flexibility index (Phi) is 5.89. The molecule has 1 amide bonds. The van der Waals surface area contributed by atoms with Crippen molar-refractivity contribution < 1.29 is 14.3 Å². The van der Waals surface area contributed by atoms with Gasteiger partial charge in [-0.15, -0.1) is 0 Å². The van der Waals surface area contributed by atoms with Crippen LogP contribution >= 0.6 is 24.0 Å². The molecule has 2 fully saturated rings. The molecule has 128 valence electrons. The minimum absolute atomic E-state index is 0.0228. The normalized spacial score (nSPS) is 20.9. The molecular formula is C17H20N2O3S2. The zero-order valence-electron chi connectivity index (χ0n) is 13.6.